The summed E-state index contributed by atoms with van der Waals surface area (Å²) >= 11 is 1.27. The van der Waals surface area contributed by atoms with Crippen molar-refractivity contribution in [3.63, 3.8) is 0 Å². The Labute approximate surface area is 142 Å². The molecule has 3 rings (SSSR count). The van der Waals surface area contributed by atoms with Crippen molar-refractivity contribution in [1.29, 1.82) is 0 Å². The smallest absolute Gasteiger partial charge is 0.159 e. The van der Waals surface area contributed by atoms with Crippen molar-refractivity contribution in [1.82, 2.24) is 4.98 Å². The van der Waals surface area contributed by atoms with Crippen LogP contribution >= 0.6 is 11.3 Å². The number of aromatic nitrogens is 1. The van der Waals surface area contributed by atoms with Gasteiger partial charge in [-0.15, -0.1) is 11.3 Å². The number of halogens is 2. The molecule has 0 aliphatic carbocycles. The maximum atomic E-state index is 13.3. The summed E-state index contributed by atoms with van der Waals surface area (Å²) in [4.78, 5) is 4.42. The van der Waals surface area contributed by atoms with Crippen LogP contribution in [0, 0.1) is 11.6 Å². The molecular formula is C18H15F2NO2S. The lowest BCUT2D eigenvalue weighted by molar-refractivity contribution is 0.185. The zero-order valence-corrected chi connectivity index (χ0v) is 13.7. The van der Waals surface area contributed by atoms with E-state index in [2.05, 4.69) is 4.98 Å². The first-order valence-corrected chi connectivity index (χ1v) is 8.13. The maximum Gasteiger partial charge on any atom is 0.159 e. The number of aliphatic hydroxyl groups is 1. The molecule has 1 atom stereocenters. The molecule has 0 bridgehead atoms. The fourth-order valence-electron chi connectivity index (χ4n) is 2.36. The van der Waals surface area contributed by atoms with Crippen molar-refractivity contribution in [2.75, 3.05) is 7.11 Å². The number of hydrogen-bond acceptors (Lipinski definition) is 4. The highest BCUT2D eigenvalue weighted by atomic mass is 32.1. The molecule has 0 amide bonds. The summed E-state index contributed by atoms with van der Waals surface area (Å²) in [5.41, 5.74) is 2.91. The number of rotatable bonds is 5. The molecule has 2 aromatic carbocycles. The summed E-state index contributed by atoms with van der Waals surface area (Å²) in [7, 11) is 1.63. The summed E-state index contributed by atoms with van der Waals surface area (Å²) in [6, 6.07) is 11.1. The molecule has 0 fully saturated rings. The van der Waals surface area contributed by atoms with Gasteiger partial charge in [0.15, 0.2) is 11.6 Å². The molecule has 1 N–H and O–H groups in total. The highest BCUT2D eigenvalue weighted by Crippen LogP contribution is 2.30. The zero-order valence-electron chi connectivity index (χ0n) is 12.9. The third kappa shape index (κ3) is 3.51. The van der Waals surface area contributed by atoms with Gasteiger partial charge in [0.25, 0.3) is 0 Å². The lowest BCUT2D eigenvalue weighted by atomic mass is 10.1. The molecule has 0 saturated heterocycles. The average molecular weight is 347 g/mol. The topological polar surface area (TPSA) is 42.4 Å². The monoisotopic (exact) mass is 347 g/mol. The molecule has 1 unspecified atom stereocenters. The Morgan fingerprint density at radius 3 is 2.75 bits per heavy atom. The van der Waals surface area contributed by atoms with E-state index in [-0.39, 0.29) is 5.56 Å². The molecule has 3 nitrogen and oxygen atoms in total. The van der Waals surface area contributed by atoms with Gasteiger partial charge in [-0.05, 0) is 29.3 Å². The van der Waals surface area contributed by atoms with Crippen LogP contribution in [0.3, 0.4) is 0 Å². The van der Waals surface area contributed by atoms with E-state index in [1.165, 1.54) is 17.4 Å². The first-order chi connectivity index (χ1) is 11.6. The number of ether oxygens (including phenoxy) is 1. The Morgan fingerprint density at radius 1 is 1.17 bits per heavy atom. The number of thiazole rings is 1. The number of benzene rings is 2. The van der Waals surface area contributed by atoms with Crippen molar-refractivity contribution < 1.29 is 18.6 Å². The van der Waals surface area contributed by atoms with E-state index < -0.39 is 17.7 Å². The summed E-state index contributed by atoms with van der Waals surface area (Å²) in [5.74, 6) is -1.93. The van der Waals surface area contributed by atoms with Crippen LogP contribution in [0.5, 0.6) is 0 Å². The largest absolute Gasteiger partial charge is 0.381 e. The van der Waals surface area contributed by atoms with Crippen molar-refractivity contribution in [3.05, 3.63) is 75.6 Å². The van der Waals surface area contributed by atoms with Gasteiger partial charge >= 0.3 is 0 Å². The Bertz CT molecular complexity index is 851. The summed E-state index contributed by atoms with van der Waals surface area (Å²) in [5, 5.41) is 12.6. The molecule has 6 heteroatoms. The van der Waals surface area contributed by atoms with Gasteiger partial charge in [0.1, 0.15) is 11.1 Å². The van der Waals surface area contributed by atoms with Crippen molar-refractivity contribution >= 4 is 11.3 Å². The van der Waals surface area contributed by atoms with Crippen molar-refractivity contribution in [2.45, 2.75) is 12.7 Å². The van der Waals surface area contributed by atoms with Crippen LogP contribution in [-0.2, 0) is 11.3 Å². The average Bonchev–Trinajstić information content (AvgIpc) is 3.07. The highest BCUT2D eigenvalue weighted by Gasteiger charge is 2.17. The van der Waals surface area contributed by atoms with E-state index in [0.29, 0.717) is 11.6 Å². The minimum absolute atomic E-state index is 0.267. The molecule has 124 valence electrons. The standard InChI is InChI=1S/C18H15F2NO2S/c1-23-9-11-3-2-4-12(7-11)16-10-24-18(21-16)17(22)13-5-6-14(19)15(20)8-13/h2-8,10,17,22H,9H2,1H3. The quantitative estimate of drug-likeness (QED) is 0.747. The second-order valence-corrected chi connectivity index (χ2v) is 6.17. The van der Waals surface area contributed by atoms with Crippen LogP contribution in [0.15, 0.2) is 47.8 Å². The number of nitrogens with zero attached hydrogens (tertiary/aromatic N) is 1. The van der Waals surface area contributed by atoms with Gasteiger partial charge in [-0.2, -0.15) is 0 Å². The van der Waals surface area contributed by atoms with E-state index in [1.54, 1.807) is 7.11 Å². The molecule has 0 spiro atoms. The molecular weight excluding hydrogens is 332 g/mol. The highest BCUT2D eigenvalue weighted by molar-refractivity contribution is 7.10. The van der Waals surface area contributed by atoms with E-state index >= 15 is 0 Å². The van der Waals surface area contributed by atoms with Crippen LogP contribution in [0.1, 0.15) is 22.2 Å². The molecule has 0 saturated carbocycles. The maximum absolute atomic E-state index is 13.3. The van der Waals surface area contributed by atoms with Gasteiger partial charge in [-0.1, -0.05) is 24.3 Å². The third-order valence-corrected chi connectivity index (χ3v) is 4.45. The minimum Gasteiger partial charge on any atom is -0.381 e. The zero-order chi connectivity index (χ0) is 17.1. The predicted octanol–water partition coefficient (Wildman–Crippen LogP) is 4.32. The van der Waals surface area contributed by atoms with E-state index in [4.69, 9.17) is 4.74 Å². The normalized spacial score (nSPS) is 12.3. The van der Waals surface area contributed by atoms with Gasteiger partial charge in [0.2, 0.25) is 0 Å². The first-order valence-electron chi connectivity index (χ1n) is 7.25. The SMILES string of the molecule is COCc1cccc(-c2csc(C(O)c3ccc(F)c(F)c3)n2)c1. The lowest BCUT2D eigenvalue weighted by Crippen LogP contribution is -2.00. The molecule has 0 aliphatic heterocycles. The summed E-state index contributed by atoms with van der Waals surface area (Å²) in [6.45, 7) is 0.502. The Morgan fingerprint density at radius 2 is 2.00 bits per heavy atom. The molecule has 24 heavy (non-hydrogen) atoms. The Hall–Kier alpha value is -2.15. The molecule has 0 radical (unpaired) electrons. The summed E-state index contributed by atoms with van der Waals surface area (Å²) < 4.78 is 31.5. The molecule has 3 aromatic rings. The number of aliphatic hydroxyl groups excluding tert-OH is 1. The van der Waals surface area contributed by atoms with Crippen LogP contribution < -0.4 is 0 Å². The fourth-order valence-corrected chi connectivity index (χ4v) is 3.20. The van der Waals surface area contributed by atoms with E-state index in [9.17, 15) is 13.9 Å². The number of methoxy groups -OCH3 is 1. The van der Waals surface area contributed by atoms with Gasteiger partial charge in [0, 0.05) is 18.1 Å². The predicted molar refractivity (Wildman–Crippen MR) is 88.7 cm³/mol. The molecule has 0 aliphatic rings. The Balaban J connectivity index is 1.87. The second-order valence-electron chi connectivity index (χ2n) is 5.28. The van der Waals surface area contributed by atoms with Crippen LogP contribution in [0.2, 0.25) is 0 Å². The second kappa shape index (κ2) is 7.17. The molecule has 1 heterocycles. The van der Waals surface area contributed by atoms with E-state index in [0.717, 1.165) is 29.0 Å². The van der Waals surface area contributed by atoms with Gasteiger partial charge in [-0.3, -0.25) is 0 Å². The fraction of sp³-hybridized carbons (Fsp3) is 0.167. The van der Waals surface area contributed by atoms with Crippen molar-refractivity contribution in [3.8, 4) is 11.3 Å². The van der Waals surface area contributed by atoms with E-state index in [1.807, 2.05) is 29.6 Å². The third-order valence-electron chi connectivity index (χ3n) is 3.55. The minimum atomic E-state index is -1.10. The lowest BCUT2D eigenvalue weighted by Gasteiger charge is -2.08. The summed E-state index contributed by atoms with van der Waals surface area (Å²) in [6.07, 6.45) is -1.10. The number of hydrogen-bond donors (Lipinski definition) is 1. The van der Waals surface area contributed by atoms with Gasteiger partial charge in [0.05, 0.1) is 12.3 Å². The first kappa shape index (κ1) is 16.7. The van der Waals surface area contributed by atoms with Crippen LogP contribution in [0.25, 0.3) is 11.3 Å². The van der Waals surface area contributed by atoms with Gasteiger partial charge < -0.3 is 9.84 Å². The van der Waals surface area contributed by atoms with Crippen molar-refractivity contribution in [2.24, 2.45) is 0 Å². The Kier molecular flexibility index (Phi) is 4.99. The van der Waals surface area contributed by atoms with Crippen LogP contribution in [0.4, 0.5) is 8.78 Å². The van der Waals surface area contributed by atoms with Crippen LogP contribution in [-0.4, -0.2) is 17.2 Å². The van der Waals surface area contributed by atoms with Gasteiger partial charge in [-0.25, -0.2) is 13.8 Å². The molecule has 1 aromatic heterocycles.